The van der Waals surface area contributed by atoms with Gasteiger partial charge >= 0.3 is 0 Å². The van der Waals surface area contributed by atoms with Crippen LogP contribution in [-0.4, -0.2) is 22.6 Å². The maximum atomic E-state index is 14.0. The number of carbonyl (C=O) groups excluding carboxylic acids is 1. The molecule has 3 rings (SSSR count). The molecule has 1 aliphatic carbocycles. The fourth-order valence-corrected chi connectivity index (χ4v) is 4.43. The number of benzene rings is 1. The summed E-state index contributed by atoms with van der Waals surface area (Å²) in [6.07, 6.45) is 3.05. The predicted molar refractivity (Wildman–Crippen MR) is 75.2 cm³/mol. The van der Waals surface area contributed by atoms with Gasteiger partial charge in [0, 0.05) is 6.04 Å². The first-order valence-electron chi connectivity index (χ1n) is 7.00. The minimum atomic E-state index is -0.561. The number of thioether (sulfide) groups is 1. The molecule has 0 aromatic heterocycles. The zero-order chi connectivity index (χ0) is 14.3. The van der Waals surface area contributed by atoms with Gasteiger partial charge in [0.05, 0.1) is 11.3 Å². The van der Waals surface area contributed by atoms with Crippen LogP contribution in [-0.2, 0) is 4.79 Å². The second-order valence-electron chi connectivity index (χ2n) is 5.41. The second-order valence-corrected chi connectivity index (χ2v) is 6.48. The molecule has 20 heavy (non-hydrogen) atoms. The van der Waals surface area contributed by atoms with Crippen molar-refractivity contribution in [1.29, 1.82) is 0 Å². The molecule has 2 nitrogen and oxygen atoms in total. The van der Waals surface area contributed by atoms with Crippen molar-refractivity contribution < 1.29 is 13.6 Å². The van der Waals surface area contributed by atoms with Crippen LogP contribution in [0.2, 0.25) is 0 Å². The largest absolute Gasteiger partial charge is 0.322 e. The highest BCUT2D eigenvalue weighted by Gasteiger charge is 2.45. The van der Waals surface area contributed by atoms with Crippen molar-refractivity contribution in [3.05, 3.63) is 35.4 Å². The monoisotopic (exact) mass is 297 g/mol. The minimum Gasteiger partial charge on any atom is -0.322 e. The van der Waals surface area contributed by atoms with E-state index in [9.17, 15) is 13.6 Å². The smallest absolute Gasteiger partial charge is 0.234 e. The molecule has 1 aromatic rings. The Bertz CT molecular complexity index is 514. The van der Waals surface area contributed by atoms with Crippen LogP contribution in [0.3, 0.4) is 0 Å². The van der Waals surface area contributed by atoms with Gasteiger partial charge in [0.1, 0.15) is 17.0 Å². The fraction of sp³-hybridized carbons (Fsp3) is 0.533. The zero-order valence-electron chi connectivity index (χ0n) is 11.3. The van der Waals surface area contributed by atoms with Gasteiger partial charge in [-0.05, 0) is 30.9 Å². The number of amides is 1. The summed E-state index contributed by atoms with van der Waals surface area (Å²) in [5.41, 5.74) is 0.0325. The summed E-state index contributed by atoms with van der Waals surface area (Å²) in [6.45, 7) is 2.10. The van der Waals surface area contributed by atoms with Crippen molar-refractivity contribution in [3.8, 4) is 0 Å². The lowest BCUT2D eigenvalue weighted by Crippen LogP contribution is -2.48. The number of hydrogen-bond acceptors (Lipinski definition) is 2. The van der Waals surface area contributed by atoms with Gasteiger partial charge in [-0.15, -0.1) is 11.8 Å². The number of rotatable bonds is 3. The molecular formula is C15H17F2NOS. The number of halogens is 2. The molecule has 0 N–H and O–H groups in total. The lowest BCUT2D eigenvalue weighted by molar-refractivity contribution is -0.134. The highest BCUT2D eigenvalue weighted by Crippen LogP contribution is 2.47. The molecule has 1 heterocycles. The van der Waals surface area contributed by atoms with E-state index in [1.807, 2.05) is 0 Å². The third kappa shape index (κ3) is 2.12. The maximum Gasteiger partial charge on any atom is 0.234 e. The Labute approximate surface area is 121 Å². The maximum absolute atomic E-state index is 14.0. The van der Waals surface area contributed by atoms with Gasteiger partial charge in [-0.1, -0.05) is 19.4 Å². The third-order valence-electron chi connectivity index (χ3n) is 4.41. The third-order valence-corrected chi connectivity index (χ3v) is 5.60. The fourth-order valence-electron chi connectivity index (χ4n) is 3.16. The van der Waals surface area contributed by atoms with E-state index >= 15 is 0 Å². The summed E-state index contributed by atoms with van der Waals surface area (Å²) in [7, 11) is 0. The van der Waals surface area contributed by atoms with E-state index in [1.54, 1.807) is 4.90 Å². The first-order chi connectivity index (χ1) is 9.63. The normalized spacial score (nSPS) is 29.6. The van der Waals surface area contributed by atoms with Crippen molar-refractivity contribution >= 4 is 17.7 Å². The second kappa shape index (κ2) is 5.35. The van der Waals surface area contributed by atoms with Gasteiger partial charge in [0.15, 0.2) is 0 Å². The standard InChI is InChI=1S/C15H17F2NOS/c1-2-9-6-7-12(9)18-13(19)8-20-15(18)14-10(16)4-3-5-11(14)17/h3-5,9,12,15H,2,6-8H2,1H3. The average molecular weight is 297 g/mol. The van der Waals surface area contributed by atoms with E-state index in [0.717, 1.165) is 19.3 Å². The molecule has 0 bridgehead atoms. The zero-order valence-corrected chi connectivity index (χ0v) is 12.1. The first-order valence-corrected chi connectivity index (χ1v) is 8.05. The summed E-state index contributed by atoms with van der Waals surface area (Å²) < 4.78 is 28.0. The lowest BCUT2D eigenvalue weighted by Gasteiger charge is -2.44. The Hall–Kier alpha value is -1.10. The van der Waals surface area contributed by atoms with Crippen molar-refractivity contribution in [3.63, 3.8) is 0 Å². The minimum absolute atomic E-state index is 0.00537. The Morgan fingerprint density at radius 1 is 1.30 bits per heavy atom. The van der Waals surface area contributed by atoms with Gasteiger partial charge in [-0.2, -0.15) is 0 Å². The molecule has 1 aliphatic heterocycles. The molecule has 108 valence electrons. The summed E-state index contributed by atoms with van der Waals surface area (Å²) in [4.78, 5) is 13.9. The van der Waals surface area contributed by atoms with Crippen molar-refractivity contribution in [2.45, 2.75) is 37.6 Å². The Morgan fingerprint density at radius 2 is 2.00 bits per heavy atom. The van der Waals surface area contributed by atoms with Crippen LogP contribution in [0.1, 0.15) is 37.1 Å². The van der Waals surface area contributed by atoms with Gasteiger partial charge in [0.2, 0.25) is 5.91 Å². The van der Waals surface area contributed by atoms with E-state index in [2.05, 4.69) is 6.92 Å². The highest BCUT2D eigenvalue weighted by molar-refractivity contribution is 8.00. The summed E-state index contributed by atoms with van der Waals surface area (Å²) in [5, 5.41) is -0.511. The van der Waals surface area contributed by atoms with Crippen LogP contribution in [0.4, 0.5) is 8.78 Å². The van der Waals surface area contributed by atoms with Gasteiger partial charge < -0.3 is 4.90 Å². The van der Waals surface area contributed by atoms with E-state index in [1.165, 1.54) is 30.0 Å². The molecule has 3 unspecified atom stereocenters. The van der Waals surface area contributed by atoms with E-state index < -0.39 is 17.0 Å². The predicted octanol–water partition coefficient (Wildman–Crippen LogP) is 3.73. The first kappa shape index (κ1) is 13.9. The molecule has 2 aliphatic rings. The van der Waals surface area contributed by atoms with Crippen molar-refractivity contribution in [2.75, 3.05) is 5.75 Å². The Morgan fingerprint density at radius 3 is 2.55 bits per heavy atom. The number of nitrogens with zero attached hydrogens (tertiary/aromatic N) is 1. The molecular weight excluding hydrogens is 280 g/mol. The van der Waals surface area contributed by atoms with Crippen LogP contribution in [0.15, 0.2) is 18.2 Å². The summed E-state index contributed by atoms with van der Waals surface area (Å²) >= 11 is 1.33. The molecule has 1 saturated heterocycles. The number of carbonyl (C=O) groups is 1. The van der Waals surface area contributed by atoms with Crippen LogP contribution < -0.4 is 0 Å². The topological polar surface area (TPSA) is 20.3 Å². The van der Waals surface area contributed by atoms with Crippen LogP contribution in [0, 0.1) is 17.6 Å². The molecule has 0 radical (unpaired) electrons. The van der Waals surface area contributed by atoms with E-state index in [4.69, 9.17) is 0 Å². The molecule has 1 aromatic carbocycles. The van der Waals surface area contributed by atoms with Crippen molar-refractivity contribution in [2.24, 2.45) is 5.92 Å². The van der Waals surface area contributed by atoms with E-state index in [-0.39, 0.29) is 17.5 Å². The SMILES string of the molecule is CCC1CCC1N1C(=O)CSC1c1c(F)cccc1F. The Balaban J connectivity index is 1.94. The quantitative estimate of drug-likeness (QED) is 0.847. The van der Waals surface area contributed by atoms with Gasteiger partial charge in [-0.25, -0.2) is 8.78 Å². The Kier molecular flexibility index (Phi) is 3.71. The summed E-state index contributed by atoms with van der Waals surface area (Å²) in [6, 6.07) is 4.03. The molecule has 0 spiro atoms. The molecule has 3 atom stereocenters. The van der Waals surface area contributed by atoms with E-state index in [0.29, 0.717) is 11.7 Å². The van der Waals surface area contributed by atoms with Crippen LogP contribution in [0.25, 0.3) is 0 Å². The van der Waals surface area contributed by atoms with Crippen molar-refractivity contribution in [1.82, 2.24) is 4.90 Å². The van der Waals surface area contributed by atoms with Gasteiger partial charge in [0.25, 0.3) is 0 Å². The molecule has 1 saturated carbocycles. The lowest BCUT2D eigenvalue weighted by atomic mass is 9.76. The molecule has 1 amide bonds. The number of hydrogen-bond donors (Lipinski definition) is 0. The molecule has 2 fully saturated rings. The molecule has 5 heteroatoms. The van der Waals surface area contributed by atoms with Gasteiger partial charge in [-0.3, -0.25) is 4.79 Å². The highest BCUT2D eigenvalue weighted by atomic mass is 32.2. The summed E-state index contributed by atoms with van der Waals surface area (Å²) in [5.74, 6) is -0.337. The average Bonchev–Trinajstić information content (AvgIpc) is 2.72. The van der Waals surface area contributed by atoms with Crippen LogP contribution >= 0.6 is 11.8 Å². The van der Waals surface area contributed by atoms with Crippen LogP contribution in [0.5, 0.6) is 0 Å².